The molecule has 1 aliphatic heterocycles. The van der Waals surface area contributed by atoms with Crippen molar-refractivity contribution in [3.63, 3.8) is 0 Å². The van der Waals surface area contributed by atoms with Crippen molar-refractivity contribution < 1.29 is 22.8 Å². The van der Waals surface area contributed by atoms with E-state index in [2.05, 4.69) is 28.3 Å². The van der Waals surface area contributed by atoms with Crippen LogP contribution in [0, 0.1) is 13.8 Å². The molecule has 1 aromatic heterocycles. The first-order valence-corrected chi connectivity index (χ1v) is 12.3. The van der Waals surface area contributed by atoms with Gasteiger partial charge in [-0.1, -0.05) is 29.4 Å². The van der Waals surface area contributed by atoms with Crippen LogP contribution in [0.25, 0.3) is 0 Å². The predicted molar refractivity (Wildman–Crippen MR) is 115 cm³/mol. The number of hydrogen-bond donors (Lipinski definition) is 1. The quantitative estimate of drug-likeness (QED) is 0.691. The maximum absolute atomic E-state index is 12.9. The first-order chi connectivity index (χ1) is 14.9. The summed E-state index contributed by atoms with van der Waals surface area (Å²) in [4.78, 5) is 2.25. The topological polar surface area (TPSA) is 96.1 Å². The van der Waals surface area contributed by atoms with Gasteiger partial charge < -0.3 is 14.4 Å². The monoisotopic (exact) mass is 449 g/mol. The van der Waals surface area contributed by atoms with Crippen molar-refractivity contribution in [2.75, 3.05) is 39.3 Å². The summed E-state index contributed by atoms with van der Waals surface area (Å²) < 4.78 is 38.4. The van der Waals surface area contributed by atoms with E-state index in [1.54, 1.807) is 13.8 Å². The number of fused-ring (bicyclic) bond motifs is 1. The number of aliphatic hydroxyl groups is 1. The Labute approximate surface area is 183 Å². The Kier molecular flexibility index (Phi) is 6.78. The second kappa shape index (κ2) is 9.38. The van der Waals surface area contributed by atoms with E-state index >= 15 is 0 Å². The molecule has 1 N–H and O–H groups in total. The third-order valence-electron chi connectivity index (χ3n) is 6.17. The highest BCUT2D eigenvalue weighted by atomic mass is 32.2. The number of β-amino-alcohol motifs (C(OH)–C–C–N with tert-alkyl or cyclic N) is 1. The highest BCUT2D eigenvalue weighted by Crippen LogP contribution is 2.32. The molecule has 31 heavy (non-hydrogen) atoms. The molecule has 8 nitrogen and oxygen atoms in total. The molecule has 0 spiro atoms. The number of aromatic nitrogens is 1. The first kappa shape index (κ1) is 22.4. The normalized spacial score (nSPS) is 21.7. The lowest BCUT2D eigenvalue weighted by Crippen LogP contribution is -2.50. The largest absolute Gasteiger partial charge is 0.389 e. The van der Waals surface area contributed by atoms with Gasteiger partial charge in [0.2, 0.25) is 10.0 Å². The Balaban J connectivity index is 1.27. The van der Waals surface area contributed by atoms with E-state index in [0.29, 0.717) is 44.2 Å². The number of nitrogens with zero attached hydrogens (tertiary/aromatic N) is 3. The van der Waals surface area contributed by atoms with Crippen LogP contribution in [0.15, 0.2) is 33.7 Å². The molecule has 1 fully saturated rings. The van der Waals surface area contributed by atoms with Gasteiger partial charge in [-0.05, 0) is 44.2 Å². The Morgan fingerprint density at radius 1 is 1.23 bits per heavy atom. The van der Waals surface area contributed by atoms with E-state index in [1.165, 1.54) is 15.4 Å². The Morgan fingerprint density at radius 3 is 2.68 bits per heavy atom. The zero-order valence-corrected chi connectivity index (χ0v) is 19.0. The number of aryl methyl sites for hydroxylation is 3. The molecule has 2 aromatic rings. The highest BCUT2D eigenvalue weighted by Gasteiger charge is 2.33. The van der Waals surface area contributed by atoms with Gasteiger partial charge in [-0.15, -0.1) is 0 Å². The smallest absolute Gasteiger partial charge is 0.248 e. The second-order valence-corrected chi connectivity index (χ2v) is 10.3. The van der Waals surface area contributed by atoms with Crippen molar-refractivity contribution >= 4 is 10.0 Å². The maximum Gasteiger partial charge on any atom is 0.248 e. The summed E-state index contributed by atoms with van der Waals surface area (Å²) in [5, 5.41) is 14.3. The van der Waals surface area contributed by atoms with Gasteiger partial charge in [0.1, 0.15) is 10.6 Å². The van der Waals surface area contributed by atoms with E-state index in [0.717, 1.165) is 19.3 Å². The van der Waals surface area contributed by atoms with Crippen LogP contribution < -0.4 is 0 Å². The van der Waals surface area contributed by atoms with Crippen LogP contribution >= 0.6 is 0 Å². The minimum absolute atomic E-state index is 0.0386. The van der Waals surface area contributed by atoms with Gasteiger partial charge >= 0.3 is 0 Å². The average molecular weight is 450 g/mol. The van der Waals surface area contributed by atoms with Crippen LogP contribution in [-0.2, 0) is 21.2 Å². The molecule has 9 heteroatoms. The molecule has 0 amide bonds. The molecule has 1 aliphatic carbocycles. The Morgan fingerprint density at radius 2 is 1.97 bits per heavy atom. The molecule has 2 atom stereocenters. The molecule has 4 rings (SSSR count). The van der Waals surface area contributed by atoms with Gasteiger partial charge in [-0.3, -0.25) is 4.90 Å². The van der Waals surface area contributed by atoms with E-state index in [1.807, 2.05) is 6.07 Å². The molecular weight excluding hydrogens is 418 g/mol. The molecular formula is C22H31N3O5S. The minimum Gasteiger partial charge on any atom is -0.389 e. The van der Waals surface area contributed by atoms with E-state index in [-0.39, 0.29) is 17.6 Å². The van der Waals surface area contributed by atoms with Crippen LogP contribution in [0.1, 0.15) is 41.5 Å². The lowest BCUT2D eigenvalue weighted by Gasteiger charge is -2.35. The van der Waals surface area contributed by atoms with Crippen molar-refractivity contribution in [1.82, 2.24) is 14.4 Å². The fourth-order valence-electron chi connectivity index (χ4n) is 4.58. The molecule has 1 aromatic carbocycles. The summed E-state index contributed by atoms with van der Waals surface area (Å²) in [6, 6.07) is 8.36. The van der Waals surface area contributed by atoms with Crippen LogP contribution in [0.5, 0.6) is 0 Å². The van der Waals surface area contributed by atoms with Crippen molar-refractivity contribution in [1.29, 1.82) is 0 Å². The molecule has 1 saturated heterocycles. The molecule has 0 saturated carbocycles. The predicted octanol–water partition coefficient (Wildman–Crippen LogP) is 2.05. The molecule has 170 valence electrons. The van der Waals surface area contributed by atoms with Crippen molar-refractivity contribution in [2.24, 2.45) is 0 Å². The first-order valence-electron chi connectivity index (χ1n) is 10.9. The molecule has 2 heterocycles. The molecule has 0 unspecified atom stereocenters. The van der Waals surface area contributed by atoms with Crippen LogP contribution in [-0.4, -0.2) is 73.3 Å². The number of rotatable bonds is 7. The second-order valence-electron chi connectivity index (χ2n) is 8.42. The summed E-state index contributed by atoms with van der Waals surface area (Å²) in [5.74, 6) is 0.316. The average Bonchev–Trinajstić information content (AvgIpc) is 3.11. The third-order valence-corrected chi connectivity index (χ3v) is 8.31. The van der Waals surface area contributed by atoms with E-state index in [4.69, 9.17) is 9.26 Å². The summed E-state index contributed by atoms with van der Waals surface area (Å²) in [6.45, 7) is 5.86. The van der Waals surface area contributed by atoms with Crippen LogP contribution in [0.4, 0.5) is 0 Å². The van der Waals surface area contributed by atoms with E-state index < -0.39 is 16.1 Å². The lowest BCUT2D eigenvalue weighted by molar-refractivity contribution is -0.0304. The minimum atomic E-state index is -3.62. The van der Waals surface area contributed by atoms with Gasteiger partial charge in [-0.2, -0.15) is 4.31 Å². The van der Waals surface area contributed by atoms with Crippen LogP contribution in [0.2, 0.25) is 0 Å². The standard InChI is InChI=1S/C22H31N3O5S/c1-16-22(17(2)30-23-16)31(27,28)25-12-10-24(11-13-25)14-19(26)15-29-21-9-5-7-18-6-3-4-8-20(18)21/h3-4,6,8,19,21,26H,5,7,9-15H2,1-2H3/t19-,21+/m0/s1. The van der Waals surface area contributed by atoms with Gasteiger partial charge in [0.25, 0.3) is 0 Å². The summed E-state index contributed by atoms with van der Waals surface area (Å²) in [6.07, 6.45) is 2.58. The Bertz CT molecular complexity index is 979. The Hall–Kier alpha value is -1.78. The number of ether oxygens (including phenoxy) is 1. The summed E-state index contributed by atoms with van der Waals surface area (Å²) >= 11 is 0. The zero-order valence-electron chi connectivity index (χ0n) is 18.2. The number of hydrogen-bond acceptors (Lipinski definition) is 7. The van der Waals surface area contributed by atoms with E-state index in [9.17, 15) is 13.5 Å². The number of benzene rings is 1. The van der Waals surface area contributed by atoms with Crippen LogP contribution in [0.3, 0.4) is 0 Å². The zero-order chi connectivity index (χ0) is 22.0. The van der Waals surface area contributed by atoms with Gasteiger partial charge in [0.05, 0.1) is 18.8 Å². The fraction of sp³-hybridized carbons (Fsp3) is 0.591. The molecule has 2 aliphatic rings. The lowest BCUT2D eigenvalue weighted by atomic mass is 9.89. The molecule has 0 radical (unpaired) electrons. The highest BCUT2D eigenvalue weighted by molar-refractivity contribution is 7.89. The SMILES string of the molecule is Cc1noc(C)c1S(=O)(=O)N1CCN(C[C@H](O)CO[C@@H]2CCCc3ccccc32)CC1. The summed E-state index contributed by atoms with van der Waals surface area (Å²) in [7, 11) is -3.62. The summed E-state index contributed by atoms with van der Waals surface area (Å²) in [5.41, 5.74) is 2.96. The molecule has 0 bridgehead atoms. The van der Waals surface area contributed by atoms with Gasteiger partial charge in [0.15, 0.2) is 5.76 Å². The number of aliphatic hydroxyl groups excluding tert-OH is 1. The fourth-order valence-corrected chi connectivity index (χ4v) is 6.30. The number of sulfonamides is 1. The third kappa shape index (κ3) is 4.85. The van der Waals surface area contributed by atoms with Crippen molar-refractivity contribution in [2.45, 2.75) is 50.2 Å². The van der Waals surface area contributed by atoms with Crippen molar-refractivity contribution in [3.05, 3.63) is 46.8 Å². The van der Waals surface area contributed by atoms with Gasteiger partial charge in [0, 0.05) is 32.7 Å². The maximum atomic E-state index is 12.9. The number of piperazine rings is 1. The van der Waals surface area contributed by atoms with Crippen molar-refractivity contribution in [3.8, 4) is 0 Å². The van der Waals surface area contributed by atoms with Gasteiger partial charge in [-0.25, -0.2) is 8.42 Å².